The Hall–Kier alpha value is -0.450. The summed E-state index contributed by atoms with van der Waals surface area (Å²) in [6, 6.07) is 0. The predicted molar refractivity (Wildman–Crippen MR) is 41.2 cm³/mol. The summed E-state index contributed by atoms with van der Waals surface area (Å²) in [4.78, 5) is 9.88. The highest BCUT2D eigenvalue weighted by Gasteiger charge is 1.84. The topological polar surface area (TPSA) is 77.8 Å². The Bertz CT molecular complexity index is 80.5. The van der Waals surface area contributed by atoms with Gasteiger partial charge in [0.15, 0.2) is 0 Å². The largest absolute Gasteiger partial charge is 0.396 e. The zero-order chi connectivity index (χ0) is 9.11. The zero-order valence-electron chi connectivity index (χ0n) is 6.79. The van der Waals surface area contributed by atoms with Crippen molar-refractivity contribution < 1.29 is 20.1 Å². The lowest BCUT2D eigenvalue weighted by Gasteiger charge is -1.80. The average molecular weight is 164 g/mol. The van der Waals surface area contributed by atoms with Crippen LogP contribution in [0.3, 0.4) is 0 Å². The van der Waals surface area contributed by atoms with E-state index in [1.165, 1.54) is 6.92 Å². The summed E-state index contributed by atoms with van der Waals surface area (Å²) >= 11 is 0. The summed E-state index contributed by atoms with van der Waals surface area (Å²) < 4.78 is 0. The first-order chi connectivity index (χ1) is 5.18. The molecule has 0 aliphatic rings. The van der Waals surface area contributed by atoms with Gasteiger partial charge in [0.25, 0.3) is 0 Å². The van der Waals surface area contributed by atoms with E-state index in [1.807, 2.05) is 0 Å². The number of rotatable bonds is 4. The molecular weight excluding hydrogens is 148 g/mol. The Morgan fingerprint density at radius 3 is 1.55 bits per heavy atom. The summed E-state index contributed by atoms with van der Waals surface area (Å²) in [5.41, 5.74) is 0. The number of hydrogen-bond acceptors (Lipinski definition) is 4. The van der Waals surface area contributed by atoms with Crippen LogP contribution in [0.1, 0.15) is 19.8 Å². The van der Waals surface area contributed by atoms with Gasteiger partial charge in [-0.05, 0) is 13.3 Å². The van der Waals surface area contributed by atoms with Crippen molar-refractivity contribution in [2.75, 3.05) is 19.8 Å². The molecule has 0 fully saturated rings. The maximum atomic E-state index is 9.88. The van der Waals surface area contributed by atoms with E-state index in [0.717, 1.165) is 0 Å². The molecule has 0 saturated heterocycles. The highest BCUT2D eigenvalue weighted by Crippen LogP contribution is 1.74. The standard InChI is InChI=1S/C4H8O2.C3H8O2/c1-4(6)2-3-5;4-2-1-3-5/h5H,2-3H2,1H3;4-5H,1-3H2. The molecule has 0 rings (SSSR count). The number of carbonyl (C=O) groups is 1. The average Bonchev–Trinajstić information content (AvgIpc) is 1.90. The van der Waals surface area contributed by atoms with E-state index in [0.29, 0.717) is 12.8 Å². The van der Waals surface area contributed by atoms with E-state index in [2.05, 4.69) is 0 Å². The Labute approximate surface area is 66.5 Å². The lowest BCUT2D eigenvalue weighted by Crippen LogP contribution is -1.92. The van der Waals surface area contributed by atoms with Crippen molar-refractivity contribution in [2.45, 2.75) is 19.8 Å². The SMILES string of the molecule is CC(=O)CCO.OCCCO. The van der Waals surface area contributed by atoms with Gasteiger partial charge in [-0.1, -0.05) is 0 Å². The Morgan fingerprint density at radius 1 is 1.09 bits per heavy atom. The minimum Gasteiger partial charge on any atom is -0.396 e. The van der Waals surface area contributed by atoms with Crippen LogP contribution in [0.15, 0.2) is 0 Å². The molecule has 0 aromatic heterocycles. The first kappa shape index (κ1) is 13.2. The molecule has 0 atom stereocenters. The van der Waals surface area contributed by atoms with Crippen LogP contribution in [0.25, 0.3) is 0 Å². The molecule has 0 bridgehead atoms. The lowest BCUT2D eigenvalue weighted by molar-refractivity contribution is -0.117. The summed E-state index contributed by atoms with van der Waals surface area (Å²) in [5, 5.41) is 23.8. The third kappa shape index (κ3) is 26.3. The molecule has 0 aromatic carbocycles. The summed E-state index contributed by atoms with van der Waals surface area (Å²) in [6.07, 6.45) is 0.792. The molecular formula is C7H16O4. The fraction of sp³-hybridized carbons (Fsp3) is 0.857. The molecule has 68 valence electrons. The van der Waals surface area contributed by atoms with Crippen LogP contribution in [-0.2, 0) is 4.79 Å². The van der Waals surface area contributed by atoms with Crippen LogP contribution in [0, 0.1) is 0 Å². The number of hydrogen-bond donors (Lipinski definition) is 3. The van der Waals surface area contributed by atoms with E-state index < -0.39 is 0 Å². The molecule has 0 spiro atoms. The first-order valence-corrected chi connectivity index (χ1v) is 3.51. The molecule has 0 saturated carbocycles. The van der Waals surface area contributed by atoms with Crippen LogP contribution in [0.4, 0.5) is 0 Å². The van der Waals surface area contributed by atoms with Crippen LogP contribution in [0.5, 0.6) is 0 Å². The zero-order valence-corrected chi connectivity index (χ0v) is 6.79. The third-order valence-corrected chi connectivity index (χ3v) is 0.780. The van der Waals surface area contributed by atoms with Gasteiger partial charge >= 0.3 is 0 Å². The minimum absolute atomic E-state index is 0.0185. The molecule has 0 unspecified atom stereocenters. The Morgan fingerprint density at radius 2 is 1.55 bits per heavy atom. The van der Waals surface area contributed by atoms with Crippen molar-refractivity contribution in [3.8, 4) is 0 Å². The molecule has 4 nitrogen and oxygen atoms in total. The van der Waals surface area contributed by atoms with Crippen LogP contribution in [-0.4, -0.2) is 40.9 Å². The van der Waals surface area contributed by atoms with E-state index in [4.69, 9.17) is 15.3 Å². The van der Waals surface area contributed by atoms with Crippen LogP contribution >= 0.6 is 0 Å². The van der Waals surface area contributed by atoms with Crippen molar-refractivity contribution in [3.63, 3.8) is 0 Å². The molecule has 0 amide bonds. The molecule has 0 radical (unpaired) electrons. The number of aliphatic hydroxyl groups is 3. The smallest absolute Gasteiger partial charge is 0.132 e. The van der Waals surface area contributed by atoms with E-state index in [-0.39, 0.29) is 25.6 Å². The lowest BCUT2D eigenvalue weighted by atomic mass is 10.3. The molecule has 0 aliphatic heterocycles. The molecule has 0 heterocycles. The van der Waals surface area contributed by atoms with Gasteiger partial charge < -0.3 is 15.3 Å². The Kier molecular flexibility index (Phi) is 14.7. The Balaban J connectivity index is 0. The molecule has 0 aliphatic carbocycles. The molecule has 3 N–H and O–H groups in total. The van der Waals surface area contributed by atoms with Crippen LogP contribution in [0.2, 0.25) is 0 Å². The summed E-state index contributed by atoms with van der Waals surface area (Å²) in [7, 11) is 0. The van der Waals surface area contributed by atoms with Gasteiger partial charge in [0, 0.05) is 26.2 Å². The maximum absolute atomic E-state index is 9.88. The number of carbonyl (C=O) groups excluding carboxylic acids is 1. The van der Waals surface area contributed by atoms with Gasteiger partial charge in [0.1, 0.15) is 5.78 Å². The quantitative estimate of drug-likeness (QED) is 0.514. The summed E-state index contributed by atoms with van der Waals surface area (Å²) in [6.45, 7) is 1.62. The fourth-order valence-electron chi connectivity index (χ4n) is 0.228. The van der Waals surface area contributed by atoms with Gasteiger partial charge in [-0.2, -0.15) is 0 Å². The minimum atomic E-state index is -0.0185. The highest BCUT2D eigenvalue weighted by molar-refractivity contribution is 5.75. The van der Waals surface area contributed by atoms with Crippen molar-refractivity contribution in [1.82, 2.24) is 0 Å². The van der Waals surface area contributed by atoms with Crippen molar-refractivity contribution in [2.24, 2.45) is 0 Å². The second-order valence-electron chi connectivity index (χ2n) is 1.98. The van der Waals surface area contributed by atoms with E-state index >= 15 is 0 Å². The predicted octanol–water partition coefficient (Wildman–Crippen LogP) is -0.681. The van der Waals surface area contributed by atoms with Crippen molar-refractivity contribution in [3.05, 3.63) is 0 Å². The fourth-order valence-corrected chi connectivity index (χ4v) is 0.228. The second-order valence-corrected chi connectivity index (χ2v) is 1.98. The van der Waals surface area contributed by atoms with E-state index in [1.54, 1.807) is 0 Å². The van der Waals surface area contributed by atoms with Gasteiger partial charge in [-0.3, -0.25) is 4.79 Å². The second kappa shape index (κ2) is 12.2. The highest BCUT2D eigenvalue weighted by atomic mass is 16.3. The van der Waals surface area contributed by atoms with Crippen molar-refractivity contribution in [1.29, 1.82) is 0 Å². The monoisotopic (exact) mass is 164 g/mol. The number of aliphatic hydroxyl groups excluding tert-OH is 3. The van der Waals surface area contributed by atoms with Gasteiger partial charge in [-0.25, -0.2) is 0 Å². The molecule has 0 aromatic rings. The van der Waals surface area contributed by atoms with Crippen molar-refractivity contribution >= 4 is 5.78 Å². The van der Waals surface area contributed by atoms with Gasteiger partial charge in [-0.15, -0.1) is 0 Å². The van der Waals surface area contributed by atoms with Gasteiger partial charge in [0.05, 0.1) is 0 Å². The molecule has 4 heteroatoms. The van der Waals surface area contributed by atoms with Crippen LogP contribution < -0.4 is 0 Å². The third-order valence-electron chi connectivity index (χ3n) is 0.780. The maximum Gasteiger partial charge on any atom is 0.132 e. The number of Topliss-reactive ketones (excluding diaryl/α,β-unsaturated/α-hetero) is 1. The van der Waals surface area contributed by atoms with E-state index in [9.17, 15) is 4.79 Å². The van der Waals surface area contributed by atoms with Gasteiger partial charge in [0.2, 0.25) is 0 Å². The summed E-state index contributed by atoms with van der Waals surface area (Å²) in [5.74, 6) is 0.0394. The normalized spacial score (nSPS) is 8.36. The molecule has 11 heavy (non-hydrogen) atoms. The first-order valence-electron chi connectivity index (χ1n) is 3.51. The number of ketones is 1.